The number of carbonyl (C=O) groups excluding carboxylic acids is 1. The van der Waals surface area contributed by atoms with E-state index in [-0.39, 0.29) is 11.5 Å². The second kappa shape index (κ2) is 7.36. The van der Waals surface area contributed by atoms with E-state index in [0.717, 1.165) is 0 Å². The summed E-state index contributed by atoms with van der Waals surface area (Å²) in [5, 5.41) is 10.8. The molecule has 7 heteroatoms. The molecular weight excluding hydrogens is 306 g/mol. The van der Waals surface area contributed by atoms with Gasteiger partial charge in [-0.15, -0.1) is 5.10 Å². The number of aromatic nitrogens is 4. The first-order valence-corrected chi connectivity index (χ1v) is 7.60. The van der Waals surface area contributed by atoms with Crippen LogP contribution in [-0.4, -0.2) is 25.5 Å². The molecule has 0 fully saturated rings. The molecule has 2 heterocycles. The largest absolute Gasteiger partial charge is 0.346 e. The third-order valence-electron chi connectivity index (χ3n) is 3.52. The summed E-state index contributed by atoms with van der Waals surface area (Å²) in [7, 11) is 0. The Morgan fingerprint density at radius 2 is 1.83 bits per heavy atom. The molecule has 0 spiro atoms. The van der Waals surface area contributed by atoms with Crippen LogP contribution in [0, 0.1) is 0 Å². The molecule has 0 bridgehead atoms. The lowest BCUT2D eigenvalue weighted by Gasteiger charge is -2.04. The van der Waals surface area contributed by atoms with Gasteiger partial charge < -0.3 is 9.88 Å². The number of nitrogens with zero attached hydrogens (tertiary/aromatic N) is 4. The Morgan fingerprint density at radius 3 is 2.62 bits per heavy atom. The first-order chi connectivity index (χ1) is 11.7. The van der Waals surface area contributed by atoms with Crippen molar-refractivity contribution in [2.45, 2.75) is 19.6 Å². The Labute approximate surface area is 138 Å². The van der Waals surface area contributed by atoms with E-state index in [1.807, 2.05) is 24.3 Å². The van der Waals surface area contributed by atoms with Crippen LogP contribution < -0.4 is 10.9 Å². The van der Waals surface area contributed by atoms with Crippen LogP contribution in [0.15, 0.2) is 65.7 Å². The lowest BCUT2D eigenvalue weighted by molar-refractivity contribution is 0.0950. The van der Waals surface area contributed by atoms with Gasteiger partial charge in [-0.25, -0.2) is 0 Å². The number of carbonyl (C=O) groups is 1. The predicted molar refractivity (Wildman–Crippen MR) is 88.3 cm³/mol. The van der Waals surface area contributed by atoms with Crippen molar-refractivity contribution >= 4 is 5.91 Å². The highest BCUT2D eigenvalue weighted by atomic mass is 16.1. The second-order valence-corrected chi connectivity index (χ2v) is 5.25. The first kappa shape index (κ1) is 15.7. The molecule has 24 heavy (non-hydrogen) atoms. The predicted octanol–water partition coefficient (Wildman–Crippen LogP) is 1.07. The fourth-order valence-electron chi connectivity index (χ4n) is 2.25. The Morgan fingerprint density at radius 1 is 1.04 bits per heavy atom. The van der Waals surface area contributed by atoms with Crippen LogP contribution in [0.1, 0.15) is 16.1 Å². The van der Waals surface area contributed by atoms with E-state index in [4.69, 9.17) is 0 Å². The second-order valence-electron chi connectivity index (χ2n) is 5.25. The van der Waals surface area contributed by atoms with Crippen molar-refractivity contribution in [3.63, 3.8) is 0 Å². The summed E-state index contributed by atoms with van der Waals surface area (Å²) >= 11 is 0. The average Bonchev–Trinajstić information content (AvgIpc) is 3.08. The average molecular weight is 323 g/mol. The van der Waals surface area contributed by atoms with Crippen LogP contribution in [0.5, 0.6) is 0 Å². The molecule has 7 nitrogen and oxygen atoms in total. The van der Waals surface area contributed by atoms with Crippen molar-refractivity contribution in [3.8, 4) is 0 Å². The SMILES string of the molecule is O=C(NCc1cn(CCn2ccccc2=O)nn1)c1ccccc1. The molecule has 0 aliphatic rings. The maximum atomic E-state index is 12.0. The number of aryl methyl sites for hydroxylation is 2. The summed E-state index contributed by atoms with van der Waals surface area (Å²) in [5.74, 6) is -0.152. The van der Waals surface area contributed by atoms with E-state index in [1.54, 1.807) is 39.8 Å². The third-order valence-corrected chi connectivity index (χ3v) is 3.52. The summed E-state index contributed by atoms with van der Waals surface area (Å²) in [4.78, 5) is 23.6. The summed E-state index contributed by atoms with van der Waals surface area (Å²) in [6.45, 7) is 1.35. The monoisotopic (exact) mass is 323 g/mol. The van der Waals surface area contributed by atoms with E-state index in [2.05, 4.69) is 15.6 Å². The zero-order valence-corrected chi connectivity index (χ0v) is 13.0. The quantitative estimate of drug-likeness (QED) is 0.736. The van der Waals surface area contributed by atoms with Gasteiger partial charge >= 0.3 is 0 Å². The number of hydrogen-bond acceptors (Lipinski definition) is 4. The number of rotatable bonds is 6. The van der Waals surface area contributed by atoms with E-state index in [0.29, 0.717) is 30.9 Å². The van der Waals surface area contributed by atoms with Gasteiger partial charge in [0.25, 0.3) is 11.5 Å². The van der Waals surface area contributed by atoms with Gasteiger partial charge in [-0.3, -0.25) is 14.3 Å². The molecule has 0 aliphatic heterocycles. The van der Waals surface area contributed by atoms with Crippen LogP contribution in [-0.2, 0) is 19.6 Å². The topological polar surface area (TPSA) is 81.8 Å². The minimum Gasteiger partial charge on any atom is -0.346 e. The molecular formula is C17H17N5O2. The molecule has 3 rings (SSSR count). The lowest BCUT2D eigenvalue weighted by Crippen LogP contribution is -2.22. The number of nitrogens with one attached hydrogen (secondary N) is 1. The summed E-state index contributed by atoms with van der Waals surface area (Å²) in [6, 6.07) is 14.0. The summed E-state index contributed by atoms with van der Waals surface area (Å²) in [6.07, 6.45) is 3.50. The fraction of sp³-hybridized carbons (Fsp3) is 0.176. The van der Waals surface area contributed by atoms with E-state index in [9.17, 15) is 9.59 Å². The van der Waals surface area contributed by atoms with Crippen molar-refractivity contribution in [3.05, 3.63) is 82.5 Å². The van der Waals surface area contributed by atoms with E-state index in [1.165, 1.54) is 6.07 Å². The van der Waals surface area contributed by atoms with Gasteiger partial charge in [-0.05, 0) is 18.2 Å². The van der Waals surface area contributed by atoms with Crippen molar-refractivity contribution in [2.75, 3.05) is 0 Å². The zero-order chi connectivity index (χ0) is 16.8. The highest BCUT2D eigenvalue weighted by Gasteiger charge is 2.06. The van der Waals surface area contributed by atoms with Gasteiger partial charge in [-0.2, -0.15) is 0 Å². The van der Waals surface area contributed by atoms with E-state index < -0.39 is 0 Å². The molecule has 3 aromatic rings. The van der Waals surface area contributed by atoms with Gasteiger partial charge in [0.2, 0.25) is 0 Å². The third kappa shape index (κ3) is 3.95. The Kier molecular flexibility index (Phi) is 4.81. The summed E-state index contributed by atoms with van der Waals surface area (Å²) in [5.41, 5.74) is 1.22. The molecule has 0 unspecified atom stereocenters. The molecule has 1 N–H and O–H groups in total. The number of benzene rings is 1. The van der Waals surface area contributed by atoms with Crippen LogP contribution in [0.4, 0.5) is 0 Å². The smallest absolute Gasteiger partial charge is 0.251 e. The van der Waals surface area contributed by atoms with Crippen molar-refractivity contribution in [2.24, 2.45) is 0 Å². The fourth-order valence-corrected chi connectivity index (χ4v) is 2.25. The van der Waals surface area contributed by atoms with Gasteiger partial charge in [0.15, 0.2) is 0 Å². The molecule has 1 amide bonds. The Bertz CT molecular complexity index is 870. The summed E-state index contributed by atoms with van der Waals surface area (Å²) < 4.78 is 3.27. The molecule has 0 radical (unpaired) electrons. The van der Waals surface area contributed by atoms with Crippen molar-refractivity contribution in [1.29, 1.82) is 0 Å². The van der Waals surface area contributed by atoms with E-state index >= 15 is 0 Å². The standard InChI is InChI=1S/C17H17N5O2/c23-16-8-4-5-9-21(16)10-11-22-13-15(19-20-22)12-18-17(24)14-6-2-1-3-7-14/h1-9,13H,10-12H2,(H,18,24). The maximum Gasteiger partial charge on any atom is 0.251 e. The first-order valence-electron chi connectivity index (χ1n) is 7.60. The molecule has 0 aliphatic carbocycles. The van der Waals surface area contributed by atoms with Crippen LogP contribution in [0.2, 0.25) is 0 Å². The minimum atomic E-state index is -0.152. The number of pyridine rings is 1. The van der Waals surface area contributed by atoms with Crippen LogP contribution in [0.25, 0.3) is 0 Å². The molecule has 0 saturated carbocycles. The number of hydrogen-bond donors (Lipinski definition) is 1. The molecule has 0 atom stereocenters. The maximum absolute atomic E-state index is 12.0. The Balaban J connectivity index is 1.53. The van der Waals surface area contributed by atoms with Crippen molar-refractivity contribution in [1.82, 2.24) is 24.9 Å². The molecule has 0 saturated heterocycles. The number of amides is 1. The van der Waals surface area contributed by atoms with Crippen molar-refractivity contribution < 1.29 is 4.79 Å². The van der Waals surface area contributed by atoms with Gasteiger partial charge in [0.1, 0.15) is 5.69 Å². The lowest BCUT2D eigenvalue weighted by atomic mass is 10.2. The van der Waals surface area contributed by atoms with Gasteiger partial charge in [0, 0.05) is 24.4 Å². The van der Waals surface area contributed by atoms with Gasteiger partial charge in [0.05, 0.1) is 19.3 Å². The molecule has 2 aromatic heterocycles. The zero-order valence-electron chi connectivity index (χ0n) is 13.0. The van der Waals surface area contributed by atoms with Crippen LogP contribution >= 0.6 is 0 Å². The minimum absolute atomic E-state index is 0.0482. The normalized spacial score (nSPS) is 10.5. The Hall–Kier alpha value is -3.22. The highest BCUT2D eigenvalue weighted by molar-refractivity contribution is 5.93. The molecule has 122 valence electrons. The highest BCUT2D eigenvalue weighted by Crippen LogP contribution is 1.99. The van der Waals surface area contributed by atoms with Crippen LogP contribution in [0.3, 0.4) is 0 Å². The van der Waals surface area contributed by atoms with Gasteiger partial charge in [-0.1, -0.05) is 29.5 Å². The molecule has 1 aromatic carbocycles.